The zero-order valence-corrected chi connectivity index (χ0v) is 13.2. The summed E-state index contributed by atoms with van der Waals surface area (Å²) in [5, 5.41) is 3.88. The van der Waals surface area contributed by atoms with Gasteiger partial charge in [0.1, 0.15) is 0 Å². The monoisotopic (exact) mass is 327 g/mol. The van der Waals surface area contributed by atoms with Gasteiger partial charge in [0.05, 0.1) is 12.1 Å². The molecular weight excluding hydrogens is 307 g/mol. The first kappa shape index (κ1) is 17.5. The lowest BCUT2D eigenvalue weighted by atomic mass is 10.1. The zero-order chi connectivity index (χ0) is 16.9. The summed E-state index contributed by atoms with van der Waals surface area (Å²) in [4.78, 5) is 6.42. The van der Waals surface area contributed by atoms with Crippen LogP contribution in [-0.2, 0) is 12.7 Å². The third kappa shape index (κ3) is 4.79. The molecule has 2 aromatic rings. The van der Waals surface area contributed by atoms with E-state index in [1.807, 2.05) is 0 Å². The maximum Gasteiger partial charge on any atom is 0.416 e. The highest BCUT2D eigenvalue weighted by atomic mass is 19.4. The quantitative estimate of drug-likeness (QED) is 0.757. The summed E-state index contributed by atoms with van der Waals surface area (Å²) in [5.41, 5.74) is -0.454. The van der Waals surface area contributed by atoms with Gasteiger partial charge in [-0.15, -0.1) is 0 Å². The minimum absolute atomic E-state index is 0.110. The Balaban J connectivity index is 2.15. The number of nitrogens with zero attached hydrogens (tertiary/aromatic N) is 3. The van der Waals surface area contributed by atoms with Crippen LogP contribution in [0.3, 0.4) is 0 Å². The van der Waals surface area contributed by atoms with Gasteiger partial charge in [-0.3, -0.25) is 4.90 Å². The van der Waals surface area contributed by atoms with Crippen LogP contribution in [0.15, 0.2) is 28.8 Å². The number of hydrogen-bond donors (Lipinski definition) is 0. The number of hydrogen-bond acceptors (Lipinski definition) is 4. The number of rotatable bonds is 7. The number of benzene rings is 1. The minimum atomic E-state index is -4.39. The number of aromatic nitrogens is 2. The SMILES string of the molecule is CCCN(CCC)Cc1noc(-c2cccc(C(F)(F)F)c2)n1. The summed E-state index contributed by atoms with van der Waals surface area (Å²) in [6, 6.07) is 4.91. The van der Waals surface area contributed by atoms with Gasteiger partial charge in [-0.2, -0.15) is 18.2 Å². The Hall–Kier alpha value is -1.89. The van der Waals surface area contributed by atoms with Crippen molar-refractivity contribution in [2.45, 2.75) is 39.4 Å². The second kappa shape index (κ2) is 7.59. The molecule has 4 nitrogen and oxygen atoms in total. The lowest BCUT2D eigenvalue weighted by Crippen LogP contribution is -2.25. The maximum absolute atomic E-state index is 12.8. The molecule has 7 heteroatoms. The van der Waals surface area contributed by atoms with Crippen molar-refractivity contribution < 1.29 is 17.7 Å². The summed E-state index contributed by atoms with van der Waals surface area (Å²) >= 11 is 0. The van der Waals surface area contributed by atoms with E-state index in [9.17, 15) is 13.2 Å². The largest absolute Gasteiger partial charge is 0.416 e. The van der Waals surface area contributed by atoms with Crippen molar-refractivity contribution in [1.82, 2.24) is 15.0 Å². The molecule has 0 radical (unpaired) electrons. The Morgan fingerprint density at radius 2 is 1.83 bits per heavy atom. The Morgan fingerprint density at radius 1 is 1.13 bits per heavy atom. The van der Waals surface area contributed by atoms with Crippen LogP contribution in [0.5, 0.6) is 0 Å². The molecule has 0 fully saturated rings. The van der Waals surface area contributed by atoms with Gasteiger partial charge < -0.3 is 4.52 Å². The van der Waals surface area contributed by atoms with Crippen molar-refractivity contribution in [3.63, 3.8) is 0 Å². The highest BCUT2D eigenvalue weighted by molar-refractivity contribution is 5.54. The van der Waals surface area contributed by atoms with E-state index in [0.29, 0.717) is 12.4 Å². The third-order valence-corrected chi connectivity index (χ3v) is 3.35. The van der Waals surface area contributed by atoms with Gasteiger partial charge in [-0.05, 0) is 44.1 Å². The van der Waals surface area contributed by atoms with Crippen LogP contribution in [0.4, 0.5) is 13.2 Å². The molecule has 0 aliphatic carbocycles. The molecule has 0 atom stereocenters. The van der Waals surface area contributed by atoms with E-state index in [-0.39, 0.29) is 11.5 Å². The molecule has 0 N–H and O–H groups in total. The predicted molar refractivity (Wildman–Crippen MR) is 80.6 cm³/mol. The molecule has 0 spiro atoms. The smallest absolute Gasteiger partial charge is 0.334 e. The van der Waals surface area contributed by atoms with Gasteiger partial charge in [-0.1, -0.05) is 25.1 Å². The van der Waals surface area contributed by atoms with E-state index in [2.05, 4.69) is 28.9 Å². The zero-order valence-electron chi connectivity index (χ0n) is 13.2. The molecular formula is C16H20F3N3O. The average Bonchev–Trinajstić information content (AvgIpc) is 2.96. The molecule has 1 heterocycles. The van der Waals surface area contributed by atoms with E-state index in [0.717, 1.165) is 38.1 Å². The summed E-state index contributed by atoms with van der Waals surface area (Å²) in [5.74, 6) is 0.596. The fraction of sp³-hybridized carbons (Fsp3) is 0.500. The van der Waals surface area contributed by atoms with Crippen molar-refractivity contribution in [3.8, 4) is 11.5 Å². The van der Waals surface area contributed by atoms with E-state index in [1.54, 1.807) is 0 Å². The maximum atomic E-state index is 12.8. The fourth-order valence-corrected chi connectivity index (χ4v) is 2.37. The molecule has 0 aliphatic rings. The van der Waals surface area contributed by atoms with Crippen molar-refractivity contribution in [1.29, 1.82) is 0 Å². The summed E-state index contributed by atoms with van der Waals surface area (Å²) < 4.78 is 43.4. The Morgan fingerprint density at radius 3 is 2.43 bits per heavy atom. The molecule has 0 amide bonds. The molecule has 126 valence electrons. The lowest BCUT2D eigenvalue weighted by Gasteiger charge is -2.18. The molecule has 1 aromatic carbocycles. The first-order valence-corrected chi connectivity index (χ1v) is 7.66. The third-order valence-electron chi connectivity index (χ3n) is 3.35. The van der Waals surface area contributed by atoms with Crippen LogP contribution in [0, 0.1) is 0 Å². The van der Waals surface area contributed by atoms with Crippen molar-refractivity contribution in [2.24, 2.45) is 0 Å². The molecule has 0 unspecified atom stereocenters. The lowest BCUT2D eigenvalue weighted by molar-refractivity contribution is -0.137. The fourth-order valence-electron chi connectivity index (χ4n) is 2.37. The standard InChI is InChI=1S/C16H20F3N3O/c1-3-8-22(9-4-2)11-14-20-15(23-21-14)12-6-5-7-13(10-12)16(17,18)19/h5-7,10H,3-4,8-9,11H2,1-2H3. The molecule has 1 aromatic heterocycles. The van der Waals surface area contributed by atoms with Crippen LogP contribution in [0.25, 0.3) is 11.5 Å². The predicted octanol–water partition coefficient (Wildman–Crippen LogP) is 4.38. The Kier molecular flexibility index (Phi) is 5.76. The highest BCUT2D eigenvalue weighted by Crippen LogP contribution is 2.31. The van der Waals surface area contributed by atoms with Gasteiger partial charge >= 0.3 is 6.18 Å². The van der Waals surface area contributed by atoms with E-state index in [4.69, 9.17) is 4.52 Å². The molecule has 0 saturated heterocycles. The molecule has 0 aliphatic heterocycles. The molecule has 0 saturated carbocycles. The number of alkyl halides is 3. The normalized spacial score (nSPS) is 12.1. The Bertz CT molecular complexity index is 619. The topological polar surface area (TPSA) is 42.2 Å². The van der Waals surface area contributed by atoms with Crippen LogP contribution in [0.2, 0.25) is 0 Å². The van der Waals surface area contributed by atoms with Gasteiger partial charge in [-0.25, -0.2) is 0 Å². The average molecular weight is 327 g/mol. The highest BCUT2D eigenvalue weighted by Gasteiger charge is 2.30. The van der Waals surface area contributed by atoms with Gasteiger partial charge in [0, 0.05) is 5.56 Å². The number of halogens is 3. The Labute approximate surface area is 133 Å². The van der Waals surface area contributed by atoms with Crippen LogP contribution >= 0.6 is 0 Å². The van der Waals surface area contributed by atoms with Gasteiger partial charge in [0.25, 0.3) is 5.89 Å². The van der Waals surface area contributed by atoms with Crippen LogP contribution in [0.1, 0.15) is 38.1 Å². The van der Waals surface area contributed by atoms with E-state index >= 15 is 0 Å². The summed E-state index contributed by atoms with van der Waals surface area (Å²) in [7, 11) is 0. The minimum Gasteiger partial charge on any atom is -0.334 e. The van der Waals surface area contributed by atoms with Crippen molar-refractivity contribution in [2.75, 3.05) is 13.1 Å². The first-order chi connectivity index (χ1) is 10.9. The van der Waals surface area contributed by atoms with E-state index < -0.39 is 11.7 Å². The van der Waals surface area contributed by atoms with Gasteiger partial charge in [0.2, 0.25) is 0 Å². The second-order valence-electron chi connectivity index (χ2n) is 5.37. The molecule has 2 rings (SSSR count). The van der Waals surface area contributed by atoms with Crippen molar-refractivity contribution in [3.05, 3.63) is 35.7 Å². The van der Waals surface area contributed by atoms with Gasteiger partial charge in [0.15, 0.2) is 5.82 Å². The summed E-state index contributed by atoms with van der Waals surface area (Å²) in [6.07, 6.45) is -2.37. The van der Waals surface area contributed by atoms with Crippen molar-refractivity contribution >= 4 is 0 Å². The van der Waals surface area contributed by atoms with Crippen LogP contribution in [-0.4, -0.2) is 28.1 Å². The second-order valence-corrected chi connectivity index (χ2v) is 5.37. The first-order valence-electron chi connectivity index (χ1n) is 7.66. The molecule has 0 bridgehead atoms. The van der Waals surface area contributed by atoms with Crippen LogP contribution < -0.4 is 0 Å². The van der Waals surface area contributed by atoms with E-state index in [1.165, 1.54) is 12.1 Å². The molecule has 23 heavy (non-hydrogen) atoms. The summed E-state index contributed by atoms with van der Waals surface area (Å²) in [6.45, 7) is 6.55.